The molecule has 0 atom stereocenters. The Hall–Kier alpha value is -2.30. The molecule has 0 aliphatic heterocycles. The molecule has 0 fully saturated rings. The van der Waals surface area contributed by atoms with Crippen molar-refractivity contribution in [1.82, 2.24) is 9.97 Å². The molecule has 0 aliphatic rings. The summed E-state index contributed by atoms with van der Waals surface area (Å²) in [6.45, 7) is 0.726. The molecule has 3 N–H and O–H groups in total. The van der Waals surface area contributed by atoms with Crippen LogP contribution >= 0.6 is 0 Å². The van der Waals surface area contributed by atoms with E-state index in [9.17, 15) is 0 Å². The summed E-state index contributed by atoms with van der Waals surface area (Å²) < 4.78 is 5.29. The molecule has 0 aliphatic carbocycles. The minimum atomic E-state index is 0.463. The maximum atomic E-state index is 5.58. The van der Waals surface area contributed by atoms with E-state index in [1.54, 1.807) is 19.4 Å². The largest absolute Gasteiger partial charge is 0.496 e. The standard InChI is InChI=1S/C13H16N4O/c1-18-11-5-3-2-4-10(11)6-8-15-13-16-9-7-12(14)17-13/h2-5,7,9H,6,8H2,1H3,(H3,14,15,16,17). The molecular formula is C13H16N4O. The second-order valence-electron chi connectivity index (χ2n) is 3.79. The third-order valence-corrected chi connectivity index (χ3v) is 2.55. The number of nitrogens with two attached hydrogens (primary N) is 1. The van der Waals surface area contributed by atoms with Gasteiger partial charge in [0, 0.05) is 12.7 Å². The Morgan fingerprint density at radius 2 is 2.11 bits per heavy atom. The average molecular weight is 244 g/mol. The van der Waals surface area contributed by atoms with Crippen LogP contribution in [-0.4, -0.2) is 23.6 Å². The highest BCUT2D eigenvalue weighted by Gasteiger charge is 2.01. The van der Waals surface area contributed by atoms with E-state index >= 15 is 0 Å². The van der Waals surface area contributed by atoms with Gasteiger partial charge in [0.15, 0.2) is 0 Å². The molecule has 0 amide bonds. The third-order valence-electron chi connectivity index (χ3n) is 2.55. The molecule has 18 heavy (non-hydrogen) atoms. The fourth-order valence-electron chi connectivity index (χ4n) is 1.68. The lowest BCUT2D eigenvalue weighted by Crippen LogP contribution is -2.09. The number of benzene rings is 1. The Morgan fingerprint density at radius 3 is 2.89 bits per heavy atom. The molecule has 2 rings (SSSR count). The molecule has 0 saturated heterocycles. The first-order chi connectivity index (χ1) is 8.79. The molecule has 0 saturated carbocycles. The highest BCUT2D eigenvalue weighted by Crippen LogP contribution is 2.17. The summed E-state index contributed by atoms with van der Waals surface area (Å²) in [6, 6.07) is 9.60. The van der Waals surface area contributed by atoms with Gasteiger partial charge in [0.25, 0.3) is 0 Å². The van der Waals surface area contributed by atoms with Crippen molar-refractivity contribution >= 4 is 11.8 Å². The Labute approximate surface area is 106 Å². The number of anilines is 2. The van der Waals surface area contributed by atoms with Crippen LogP contribution in [0, 0.1) is 0 Å². The van der Waals surface area contributed by atoms with Crippen LogP contribution in [-0.2, 0) is 6.42 Å². The number of hydrogen-bond donors (Lipinski definition) is 2. The quantitative estimate of drug-likeness (QED) is 0.837. The fraction of sp³-hybridized carbons (Fsp3) is 0.231. The van der Waals surface area contributed by atoms with Crippen LogP contribution in [0.3, 0.4) is 0 Å². The highest BCUT2D eigenvalue weighted by molar-refractivity contribution is 5.37. The van der Waals surface area contributed by atoms with Crippen molar-refractivity contribution in [3.63, 3.8) is 0 Å². The molecule has 1 heterocycles. The Kier molecular flexibility index (Phi) is 3.96. The van der Waals surface area contributed by atoms with Gasteiger partial charge < -0.3 is 15.8 Å². The van der Waals surface area contributed by atoms with Crippen molar-refractivity contribution in [2.24, 2.45) is 0 Å². The van der Waals surface area contributed by atoms with Gasteiger partial charge in [-0.1, -0.05) is 18.2 Å². The van der Waals surface area contributed by atoms with Gasteiger partial charge in [0.2, 0.25) is 5.95 Å². The summed E-state index contributed by atoms with van der Waals surface area (Å²) in [5, 5.41) is 3.13. The minimum absolute atomic E-state index is 0.463. The maximum Gasteiger partial charge on any atom is 0.224 e. The predicted octanol–water partition coefficient (Wildman–Crippen LogP) is 1.72. The van der Waals surface area contributed by atoms with Gasteiger partial charge in [0.05, 0.1) is 7.11 Å². The molecule has 0 radical (unpaired) electrons. The van der Waals surface area contributed by atoms with Gasteiger partial charge in [-0.25, -0.2) is 4.98 Å². The van der Waals surface area contributed by atoms with Gasteiger partial charge in [0.1, 0.15) is 11.6 Å². The molecule has 0 bridgehead atoms. The predicted molar refractivity (Wildman–Crippen MR) is 71.6 cm³/mol. The summed E-state index contributed by atoms with van der Waals surface area (Å²) in [5.41, 5.74) is 6.73. The van der Waals surface area contributed by atoms with E-state index in [0.717, 1.165) is 24.3 Å². The molecule has 5 nitrogen and oxygen atoms in total. The number of para-hydroxylation sites is 1. The first-order valence-electron chi connectivity index (χ1n) is 5.74. The van der Waals surface area contributed by atoms with E-state index in [1.165, 1.54) is 0 Å². The number of ether oxygens (including phenoxy) is 1. The van der Waals surface area contributed by atoms with E-state index in [-0.39, 0.29) is 0 Å². The van der Waals surface area contributed by atoms with Gasteiger partial charge in [-0.2, -0.15) is 4.98 Å². The van der Waals surface area contributed by atoms with Crippen molar-refractivity contribution in [1.29, 1.82) is 0 Å². The number of nitrogens with one attached hydrogen (secondary N) is 1. The summed E-state index contributed by atoms with van der Waals surface area (Å²) in [7, 11) is 1.67. The van der Waals surface area contributed by atoms with E-state index in [4.69, 9.17) is 10.5 Å². The summed E-state index contributed by atoms with van der Waals surface area (Å²) in [4.78, 5) is 8.15. The third kappa shape index (κ3) is 3.10. The smallest absolute Gasteiger partial charge is 0.224 e. The molecule has 94 valence electrons. The zero-order valence-electron chi connectivity index (χ0n) is 10.3. The summed E-state index contributed by atoms with van der Waals surface area (Å²) >= 11 is 0. The van der Waals surface area contributed by atoms with Gasteiger partial charge in [-0.15, -0.1) is 0 Å². The normalized spacial score (nSPS) is 10.1. The summed E-state index contributed by atoms with van der Waals surface area (Å²) in [6.07, 6.45) is 2.47. The van der Waals surface area contributed by atoms with Crippen LogP contribution in [0.1, 0.15) is 5.56 Å². The number of methoxy groups -OCH3 is 1. The minimum Gasteiger partial charge on any atom is -0.496 e. The SMILES string of the molecule is COc1ccccc1CCNc1nccc(N)n1. The lowest BCUT2D eigenvalue weighted by Gasteiger charge is -2.08. The molecule has 0 spiro atoms. The second kappa shape index (κ2) is 5.86. The molecule has 2 aromatic rings. The van der Waals surface area contributed by atoms with Crippen molar-refractivity contribution in [2.75, 3.05) is 24.7 Å². The molecular weight excluding hydrogens is 228 g/mol. The van der Waals surface area contributed by atoms with Crippen LogP contribution in [0.15, 0.2) is 36.5 Å². The number of aromatic nitrogens is 2. The number of nitrogens with zero attached hydrogens (tertiary/aromatic N) is 2. The molecule has 1 aromatic heterocycles. The van der Waals surface area contributed by atoms with E-state index < -0.39 is 0 Å². The van der Waals surface area contributed by atoms with Crippen LogP contribution in [0.5, 0.6) is 5.75 Å². The van der Waals surface area contributed by atoms with E-state index in [1.807, 2.05) is 24.3 Å². The summed E-state index contributed by atoms with van der Waals surface area (Å²) in [5.74, 6) is 1.91. The van der Waals surface area contributed by atoms with Gasteiger partial charge in [-0.3, -0.25) is 0 Å². The van der Waals surface area contributed by atoms with Crippen LogP contribution in [0.25, 0.3) is 0 Å². The van der Waals surface area contributed by atoms with Crippen molar-refractivity contribution in [3.05, 3.63) is 42.1 Å². The monoisotopic (exact) mass is 244 g/mol. The van der Waals surface area contributed by atoms with E-state index in [2.05, 4.69) is 15.3 Å². The molecule has 0 unspecified atom stereocenters. The van der Waals surface area contributed by atoms with Gasteiger partial charge in [-0.05, 0) is 24.1 Å². The van der Waals surface area contributed by atoms with Crippen molar-refractivity contribution < 1.29 is 4.74 Å². The maximum absolute atomic E-state index is 5.58. The molecule has 1 aromatic carbocycles. The Morgan fingerprint density at radius 1 is 1.28 bits per heavy atom. The number of rotatable bonds is 5. The van der Waals surface area contributed by atoms with Crippen LogP contribution in [0.4, 0.5) is 11.8 Å². The first kappa shape index (κ1) is 12.2. The fourth-order valence-corrected chi connectivity index (χ4v) is 1.68. The topological polar surface area (TPSA) is 73.1 Å². The Bertz CT molecular complexity index is 516. The van der Waals surface area contributed by atoms with Gasteiger partial charge >= 0.3 is 0 Å². The number of nitrogen functional groups attached to an aromatic ring is 1. The molecule has 5 heteroatoms. The Balaban J connectivity index is 1.92. The second-order valence-corrected chi connectivity index (χ2v) is 3.79. The number of hydrogen-bond acceptors (Lipinski definition) is 5. The van der Waals surface area contributed by atoms with E-state index in [0.29, 0.717) is 11.8 Å². The van der Waals surface area contributed by atoms with Crippen molar-refractivity contribution in [3.8, 4) is 5.75 Å². The first-order valence-corrected chi connectivity index (χ1v) is 5.74. The lowest BCUT2D eigenvalue weighted by molar-refractivity contribution is 0.410. The average Bonchev–Trinajstić information content (AvgIpc) is 2.39. The van der Waals surface area contributed by atoms with Crippen LogP contribution < -0.4 is 15.8 Å². The van der Waals surface area contributed by atoms with Crippen molar-refractivity contribution in [2.45, 2.75) is 6.42 Å². The zero-order valence-corrected chi connectivity index (χ0v) is 10.3. The highest BCUT2D eigenvalue weighted by atomic mass is 16.5. The zero-order chi connectivity index (χ0) is 12.8. The lowest BCUT2D eigenvalue weighted by atomic mass is 10.1. The van der Waals surface area contributed by atoms with Crippen LogP contribution in [0.2, 0.25) is 0 Å².